The lowest BCUT2D eigenvalue weighted by atomic mass is 10.1. The van der Waals surface area contributed by atoms with Crippen LogP contribution in [0.3, 0.4) is 0 Å². The molecule has 13 heavy (non-hydrogen) atoms. The summed E-state index contributed by atoms with van der Waals surface area (Å²) in [5, 5.41) is 2.47. The van der Waals surface area contributed by atoms with Crippen molar-refractivity contribution < 1.29 is 0 Å². The number of likely N-dealkylation sites (N-methyl/N-ethyl adjacent to an activating group) is 1. The predicted octanol–water partition coefficient (Wildman–Crippen LogP) is 2.11. The fourth-order valence-corrected chi connectivity index (χ4v) is 1.23. The molecule has 0 heterocycles. The van der Waals surface area contributed by atoms with Gasteiger partial charge in [-0.2, -0.15) is 0 Å². The highest BCUT2D eigenvalue weighted by molar-refractivity contribution is 6.31. The topological polar surface area (TPSA) is 29.3 Å². The lowest BCUT2D eigenvalue weighted by molar-refractivity contribution is 0.354. The van der Waals surface area contributed by atoms with Crippen LogP contribution in [0.25, 0.3) is 0 Å². The molecule has 0 bridgehead atoms. The van der Waals surface area contributed by atoms with Crippen molar-refractivity contribution in [1.82, 2.24) is 5.01 Å². The second-order valence-electron chi connectivity index (χ2n) is 2.82. The van der Waals surface area contributed by atoms with Crippen molar-refractivity contribution in [3.05, 3.63) is 34.9 Å². The molecule has 0 fully saturated rings. The van der Waals surface area contributed by atoms with E-state index in [4.69, 9.17) is 17.4 Å². The van der Waals surface area contributed by atoms with Crippen LogP contribution < -0.4 is 5.84 Å². The minimum absolute atomic E-state index is 0. The third-order valence-corrected chi connectivity index (χ3v) is 2.06. The third kappa shape index (κ3) is 4.48. The zero-order valence-corrected chi connectivity index (χ0v) is 9.11. The summed E-state index contributed by atoms with van der Waals surface area (Å²) in [6.07, 6.45) is 0.896. The Morgan fingerprint density at radius 2 is 2.00 bits per heavy atom. The van der Waals surface area contributed by atoms with Crippen LogP contribution >= 0.6 is 24.0 Å². The number of hydrogen-bond donors (Lipinski definition) is 1. The van der Waals surface area contributed by atoms with Crippen molar-refractivity contribution in [2.45, 2.75) is 6.42 Å². The molecular formula is C9H14Cl2N2. The lowest BCUT2D eigenvalue weighted by Gasteiger charge is -2.09. The van der Waals surface area contributed by atoms with Crippen LogP contribution in [0.4, 0.5) is 0 Å². The van der Waals surface area contributed by atoms with Gasteiger partial charge in [0.1, 0.15) is 0 Å². The van der Waals surface area contributed by atoms with E-state index in [0.29, 0.717) is 0 Å². The molecule has 1 aromatic rings. The molecule has 2 N–H and O–H groups in total. The maximum atomic E-state index is 5.95. The normalized spacial score (nSPS) is 9.85. The largest absolute Gasteiger partial charge is 0.269 e. The van der Waals surface area contributed by atoms with Crippen LogP contribution in [0.2, 0.25) is 5.02 Å². The average molecular weight is 221 g/mol. The molecule has 0 saturated heterocycles. The molecule has 74 valence electrons. The van der Waals surface area contributed by atoms with Gasteiger partial charge in [-0.25, -0.2) is 5.01 Å². The van der Waals surface area contributed by atoms with E-state index in [1.165, 1.54) is 0 Å². The molecule has 1 rings (SSSR count). The standard InChI is InChI=1S/C9H13ClN2.ClH/c1-12(11)7-6-8-4-2-3-5-9(8)10;/h2-5H,6-7,11H2,1H3;1H. The van der Waals surface area contributed by atoms with Gasteiger partial charge in [0, 0.05) is 18.6 Å². The van der Waals surface area contributed by atoms with Crippen molar-refractivity contribution in [2.75, 3.05) is 13.6 Å². The van der Waals surface area contributed by atoms with E-state index < -0.39 is 0 Å². The zero-order chi connectivity index (χ0) is 8.97. The van der Waals surface area contributed by atoms with E-state index in [1.807, 2.05) is 31.3 Å². The Morgan fingerprint density at radius 3 is 2.54 bits per heavy atom. The fourth-order valence-electron chi connectivity index (χ4n) is 0.998. The number of rotatable bonds is 3. The summed E-state index contributed by atoms with van der Waals surface area (Å²) in [7, 11) is 1.84. The Balaban J connectivity index is 0.00000144. The van der Waals surface area contributed by atoms with Gasteiger partial charge in [-0.1, -0.05) is 29.8 Å². The SMILES string of the molecule is CN(N)CCc1ccccc1Cl.Cl. The molecule has 0 amide bonds. The molecule has 0 atom stereocenters. The van der Waals surface area contributed by atoms with Gasteiger partial charge < -0.3 is 0 Å². The Kier molecular flexibility index (Phi) is 6.08. The molecule has 0 radical (unpaired) electrons. The predicted molar refractivity (Wildman–Crippen MR) is 59.2 cm³/mol. The highest BCUT2D eigenvalue weighted by atomic mass is 35.5. The Morgan fingerprint density at radius 1 is 1.38 bits per heavy atom. The molecule has 0 spiro atoms. The van der Waals surface area contributed by atoms with Crippen molar-refractivity contribution in [1.29, 1.82) is 0 Å². The molecule has 2 nitrogen and oxygen atoms in total. The van der Waals surface area contributed by atoms with Crippen molar-refractivity contribution in [2.24, 2.45) is 5.84 Å². The van der Waals surface area contributed by atoms with Crippen LogP contribution in [-0.2, 0) is 6.42 Å². The van der Waals surface area contributed by atoms with Gasteiger partial charge in [0.2, 0.25) is 0 Å². The van der Waals surface area contributed by atoms with Gasteiger partial charge >= 0.3 is 0 Å². The summed E-state index contributed by atoms with van der Waals surface area (Å²) in [4.78, 5) is 0. The number of hydrazine groups is 1. The van der Waals surface area contributed by atoms with E-state index in [1.54, 1.807) is 5.01 Å². The molecular weight excluding hydrogens is 207 g/mol. The molecule has 0 saturated carbocycles. The first-order valence-corrected chi connectivity index (χ1v) is 4.27. The van der Waals surface area contributed by atoms with E-state index >= 15 is 0 Å². The van der Waals surface area contributed by atoms with Crippen LogP contribution in [-0.4, -0.2) is 18.6 Å². The highest BCUT2D eigenvalue weighted by Gasteiger charge is 1.98. The molecule has 0 aliphatic rings. The molecule has 0 aliphatic carbocycles. The summed E-state index contributed by atoms with van der Waals surface area (Å²) in [5.74, 6) is 5.48. The second-order valence-corrected chi connectivity index (χ2v) is 3.23. The summed E-state index contributed by atoms with van der Waals surface area (Å²) in [5.41, 5.74) is 1.15. The zero-order valence-electron chi connectivity index (χ0n) is 7.53. The first-order valence-electron chi connectivity index (χ1n) is 3.89. The van der Waals surface area contributed by atoms with Gasteiger partial charge in [0.25, 0.3) is 0 Å². The molecule has 0 unspecified atom stereocenters. The van der Waals surface area contributed by atoms with Crippen molar-refractivity contribution in [3.8, 4) is 0 Å². The van der Waals surface area contributed by atoms with E-state index in [2.05, 4.69) is 0 Å². The molecule has 0 aromatic heterocycles. The number of hydrogen-bond acceptors (Lipinski definition) is 2. The molecule has 0 aliphatic heterocycles. The van der Waals surface area contributed by atoms with Crippen molar-refractivity contribution >= 4 is 24.0 Å². The fraction of sp³-hybridized carbons (Fsp3) is 0.333. The Hall–Kier alpha value is -0.280. The number of nitrogens with two attached hydrogens (primary N) is 1. The summed E-state index contributed by atoms with van der Waals surface area (Å²) in [6, 6.07) is 7.83. The van der Waals surface area contributed by atoms with Gasteiger partial charge in [-0.3, -0.25) is 5.84 Å². The molecule has 1 aromatic carbocycles. The van der Waals surface area contributed by atoms with E-state index in [9.17, 15) is 0 Å². The van der Waals surface area contributed by atoms with E-state index in [-0.39, 0.29) is 12.4 Å². The first-order chi connectivity index (χ1) is 5.70. The number of nitrogens with zero attached hydrogens (tertiary/aromatic N) is 1. The third-order valence-electron chi connectivity index (χ3n) is 1.69. The summed E-state index contributed by atoms with van der Waals surface area (Å²) < 4.78 is 0. The maximum Gasteiger partial charge on any atom is 0.0438 e. The minimum atomic E-state index is 0. The highest BCUT2D eigenvalue weighted by Crippen LogP contribution is 2.14. The lowest BCUT2D eigenvalue weighted by Crippen LogP contribution is -2.28. The number of benzene rings is 1. The van der Waals surface area contributed by atoms with Gasteiger partial charge in [-0.05, 0) is 18.1 Å². The van der Waals surface area contributed by atoms with Crippen LogP contribution in [0.15, 0.2) is 24.3 Å². The average Bonchev–Trinajstić information content (AvgIpc) is 2.03. The quantitative estimate of drug-likeness (QED) is 0.625. The van der Waals surface area contributed by atoms with Crippen LogP contribution in [0, 0.1) is 0 Å². The van der Waals surface area contributed by atoms with Gasteiger partial charge in [0.05, 0.1) is 0 Å². The smallest absolute Gasteiger partial charge is 0.0438 e. The van der Waals surface area contributed by atoms with Crippen LogP contribution in [0.5, 0.6) is 0 Å². The maximum absolute atomic E-state index is 5.95. The first kappa shape index (κ1) is 12.7. The monoisotopic (exact) mass is 220 g/mol. The number of halogens is 2. The summed E-state index contributed by atoms with van der Waals surface area (Å²) in [6.45, 7) is 0.823. The second kappa shape index (κ2) is 6.22. The van der Waals surface area contributed by atoms with Crippen molar-refractivity contribution in [3.63, 3.8) is 0 Å². The Bertz CT molecular complexity index is 251. The van der Waals surface area contributed by atoms with E-state index in [0.717, 1.165) is 23.6 Å². The van der Waals surface area contributed by atoms with Crippen LogP contribution in [0.1, 0.15) is 5.56 Å². The summed E-state index contributed by atoms with van der Waals surface area (Å²) >= 11 is 5.95. The minimum Gasteiger partial charge on any atom is -0.269 e. The Labute approximate surface area is 90.1 Å². The molecule has 4 heteroatoms. The van der Waals surface area contributed by atoms with Gasteiger partial charge in [0.15, 0.2) is 0 Å². The van der Waals surface area contributed by atoms with Gasteiger partial charge in [-0.15, -0.1) is 12.4 Å².